The summed E-state index contributed by atoms with van der Waals surface area (Å²) in [5.74, 6) is -0.123. The molecule has 406 valence electrons. The van der Waals surface area contributed by atoms with Crippen molar-refractivity contribution in [2.45, 2.75) is 43.4 Å². The largest absolute Gasteiger partial charge is 0.321 e. The number of rotatable bonds is 10. The van der Waals surface area contributed by atoms with Crippen LogP contribution in [0.1, 0.15) is 54.4 Å². The van der Waals surface area contributed by atoms with Crippen LogP contribution >= 0.6 is 0 Å². The zero-order valence-electron chi connectivity index (χ0n) is 46.4. The molecule has 4 heterocycles. The van der Waals surface area contributed by atoms with E-state index in [0.29, 0.717) is 29.7 Å². The van der Waals surface area contributed by atoms with Gasteiger partial charge in [0.25, 0.3) is 5.92 Å². The smallest absolute Gasteiger partial charge is 0.298 e. The normalized spacial score (nSPS) is 20.0. The highest BCUT2D eigenvalue weighted by molar-refractivity contribution is 6.10. The van der Waals surface area contributed by atoms with Crippen LogP contribution in [0.3, 0.4) is 0 Å². The first-order valence-electron chi connectivity index (χ1n) is 29.8. The van der Waals surface area contributed by atoms with E-state index < -0.39 is 5.92 Å². The highest BCUT2D eigenvalue weighted by Gasteiger charge is 2.58. The molecule has 4 saturated carbocycles. The van der Waals surface area contributed by atoms with Gasteiger partial charge in [-0.15, -0.1) is 0 Å². The number of nitrogens with zero attached hydrogens (tertiary/aromatic N) is 5. The van der Waals surface area contributed by atoms with Crippen molar-refractivity contribution in [3.05, 3.63) is 283 Å². The zero-order valence-corrected chi connectivity index (χ0v) is 46.4. The van der Waals surface area contributed by atoms with Gasteiger partial charge in [0, 0.05) is 66.8 Å². The van der Waals surface area contributed by atoms with Crippen molar-refractivity contribution in [3.63, 3.8) is 0 Å². The summed E-state index contributed by atoms with van der Waals surface area (Å²) in [4.78, 5) is 9.70. The maximum absolute atomic E-state index is 17.9. The third-order valence-electron chi connectivity index (χ3n) is 19.8. The van der Waals surface area contributed by atoms with E-state index in [1.165, 1.54) is 65.0 Å². The summed E-state index contributed by atoms with van der Waals surface area (Å²) in [6, 6.07) is 87.9. The van der Waals surface area contributed by atoms with Gasteiger partial charge in [-0.05, 0) is 151 Å². The van der Waals surface area contributed by atoms with Gasteiger partial charge in [-0.25, -0.2) is 4.98 Å². The van der Waals surface area contributed by atoms with E-state index in [-0.39, 0.29) is 16.5 Å². The first-order valence-corrected chi connectivity index (χ1v) is 29.8. The molecule has 4 fully saturated rings. The lowest BCUT2D eigenvalue weighted by Gasteiger charge is -2.62. The lowest BCUT2D eigenvalue weighted by molar-refractivity contribution is -0.0418. The van der Waals surface area contributed by atoms with Crippen LogP contribution in [0.15, 0.2) is 261 Å². The molecule has 0 atom stereocenters. The first-order chi connectivity index (χ1) is 41.4. The van der Waals surface area contributed by atoms with Crippen LogP contribution in [0.4, 0.5) is 31.5 Å². The van der Waals surface area contributed by atoms with Crippen molar-refractivity contribution >= 4 is 66.4 Å². The summed E-state index contributed by atoms with van der Waals surface area (Å²) in [5, 5.41) is 4.43. The van der Waals surface area contributed by atoms with E-state index in [2.05, 4.69) is 201 Å². The number of benzene rings is 10. The molecule has 3 aromatic heterocycles. The van der Waals surface area contributed by atoms with Crippen LogP contribution in [-0.4, -0.2) is 20.8 Å². The molecule has 10 aromatic carbocycles. The van der Waals surface area contributed by atoms with Crippen molar-refractivity contribution in [3.8, 4) is 33.8 Å². The first kappa shape index (κ1) is 49.1. The summed E-state index contributed by atoms with van der Waals surface area (Å²) in [6.07, 6.45) is 8.20. The summed E-state index contributed by atoms with van der Waals surface area (Å²) < 4.78 is 40.4. The van der Waals surface area contributed by atoms with Crippen LogP contribution in [0.2, 0.25) is 0 Å². The Morgan fingerprint density at radius 2 is 0.917 bits per heavy atom. The fourth-order valence-electron chi connectivity index (χ4n) is 16.5. The van der Waals surface area contributed by atoms with Crippen molar-refractivity contribution in [2.24, 2.45) is 23.7 Å². The molecule has 0 unspecified atom stereocenters. The van der Waals surface area contributed by atoms with E-state index in [4.69, 9.17) is 4.98 Å². The number of para-hydroxylation sites is 6. The highest BCUT2D eigenvalue weighted by Crippen LogP contribution is 2.65. The minimum atomic E-state index is -3.35. The number of anilines is 4. The van der Waals surface area contributed by atoms with Gasteiger partial charge in [0.2, 0.25) is 0 Å². The van der Waals surface area contributed by atoms with Crippen LogP contribution in [-0.2, 0) is 11.3 Å². The van der Waals surface area contributed by atoms with Crippen molar-refractivity contribution in [1.82, 2.24) is 14.1 Å². The second-order valence-electron chi connectivity index (χ2n) is 24.1. The van der Waals surface area contributed by atoms with Gasteiger partial charge in [0.1, 0.15) is 12.5 Å². The second-order valence-corrected chi connectivity index (χ2v) is 24.1. The molecule has 0 saturated heterocycles. The number of fused-ring (bicyclic) bond motifs is 7. The Kier molecular flexibility index (Phi) is 11.1. The standard InChI is InChI=1S/C77H59F2N5/c78-77(79,56-21-15-22-61(46-56)81-49-82(72-32-14-13-31-71(72)81)75-62(52-17-3-1-4-18-52)26-16-27-63(75)53-19-5-2-6-20-53)57-35-38-67-66-25-9-12-30-70(66)84(73(67)47-57)74-48-55(39-40-80-74)76(58-42-50-41-51(44-58)45-59(76)43-50)54-33-36-60(37-34-54)83-68-28-10-7-23-64(68)65-24-8-11-29-69(65)83/h1-40,46-48,50-51,58-59H,41-45,49H2. The van der Waals surface area contributed by atoms with E-state index in [1.54, 1.807) is 30.3 Å². The van der Waals surface area contributed by atoms with Gasteiger partial charge in [-0.1, -0.05) is 182 Å². The second kappa shape index (κ2) is 19.0. The molecule has 0 N–H and O–H groups in total. The minimum absolute atomic E-state index is 0.0686. The molecule has 4 bridgehead atoms. The molecule has 0 amide bonds. The van der Waals surface area contributed by atoms with E-state index in [9.17, 15) is 0 Å². The maximum atomic E-state index is 17.9. The predicted molar refractivity (Wildman–Crippen MR) is 340 cm³/mol. The molecule has 0 radical (unpaired) electrons. The molecule has 7 heteroatoms. The van der Waals surface area contributed by atoms with Crippen molar-refractivity contribution in [2.75, 3.05) is 16.5 Å². The topological polar surface area (TPSA) is 29.2 Å². The zero-order chi connectivity index (χ0) is 55.7. The van der Waals surface area contributed by atoms with Gasteiger partial charge in [-0.3, -0.25) is 4.57 Å². The molecule has 5 aliphatic rings. The number of alkyl halides is 2. The maximum Gasteiger partial charge on any atom is 0.298 e. The molecule has 0 spiro atoms. The SMILES string of the molecule is FC(F)(c1cccc(N2CN(c3c(-c4ccccc4)cccc3-c3ccccc3)c3ccccc32)c1)c1ccc2c3ccccc3n(-c3cc(C4(c5ccc(-n6c7ccccc7c7ccccc76)cc5)C5CC6CC(C5)CC4C6)ccn3)c2c1. The Labute approximate surface area is 487 Å². The van der Waals surface area contributed by atoms with Crippen LogP contribution in [0.25, 0.3) is 77.4 Å². The molecule has 4 aliphatic carbocycles. The summed E-state index contributed by atoms with van der Waals surface area (Å²) in [6.45, 7) is 0.425. The molecule has 84 heavy (non-hydrogen) atoms. The van der Waals surface area contributed by atoms with Crippen molar-refractivity contribution < 1.29 is 8.78 Å². The Morgan fingerprint density at radius 3 is 1.54 bits per heavy atom. The third kappa shape index (κ3) is 7.40. The molecule has 1 aliphatic heterocycles. The summed E-state index contributed by atoms with van der Waals surface area (Å²) in [7, 11) is 0. The average Bonchev–Trinajstić information content (AvgIpc) is 2.28. The Balaban J connectivity index is 0.756. The number of hydrogen-bond acceptors (Lipinski definition) is 3. The van der Waals surface area contributed by atoms with E-state index >= 15 is 8.78 Å². The predicted octanol–water partition coefficient (Wildman–Crippen LogP) is 19.7. The van der Waals surface area contributed by atoms with Gasteiger partial charge in [0.05, 0.1) is 39.1 Å². The highest BCUT2D eigenvalue weighted by atomic mass is 19.3. The Hall–Kier alpha value is -9.59. The molecule has 5 nitrogen and oxygen atoms in total. The van der Waals surface area contributed by atoms with E-state index in [1.807, 2.05) is 48.7 Å². The fourth-order valence-corrected chi connectivity index (χ4v) is 16.5. The molecule has 18 rings (SSSR count). The lowest BCUT2D eigenvalue weighted by Crippen LogP contribution is -2.56. The molecule has 13 aromatic rings. The Morgan fingerprint density at radius 1 is 0.393 bits per heavy atom. The van der Waals surface area contributed by atoms with Crippen LogP contribution in [0.5, 0.6) is 0 Å². The molecular formula is C77H59F2N5. The summed E-state index contributed by atoms with van der Waals surface area (Å²) in [5.41, 5.74) is 15.6. The number of aromatic nitrogens is 3. The average molecular weight is 1090 g/mol. The monoisotopic (exact) mass is 1090 g/mol. The van der Waals surface area contributed by atoms with Gasteiger partial charge in [-0.2, -0.15) is 8.78 Å². The number of hydrogen-bond donors (Lipinski definition) is 0. The molecular weight excluding hydrogens is 1030 g/mol. The third-order valence-corrected chi connectivity index (χ3v) is 19.8. The van der Waals surface area contributed by atoms with E-state index in [0.717, 1.165) is 78.9 Å². The number of halogens is 2. The number of pyridine rings is 1. The fraction of sp³-hybridized carbons (Fsp3) is 0.156. The van der Waals surface area contributed by atoms with Gasteiger partial charge in [0.15, 0.2) is 0 Å². The van der Waals surface area contributed by atoms with Crippen LogP contribution < -0.4 is 9.80 Å². The van der Waals surface area contributed by atoms with Gasteiger partial charge >= 0.3 is 0 Å². The van der Waals surface area contributed by atoms with Gasteiger partial charge < -0.3 is 14.4 Å². The minimum Gasteiger partial charge on any atom is -0.321 e. The summed E-state index contributed by atoms with van der Waals surface area (Å²) >= 11 is 0. The quantitative estimate of drug-likeness (QED) is 0.137. The lowest BCUT2D eigenvalue weighted by atomic mass is 9.42. The Bertz CT molecular complexity index is 4570. The van der Waals surface area contributed by atoms with Crippen LogP contribution in [0, 0.1) is 23.7 Å². The van der Waals surface area contributed by atoms with Crippen molar-refractivity contribution in [1.29, 1.82) is 0 Å².